The fourth-order valence-corrected chi connectivity index (χ4v) is 1.67. The van der Waals surface area contributed by atoms with Gasteiger partial charge in [-0.2, -0.15) is 8.75 Å². The minimum absolute atomic E-state index is 0.0422. The molecule has 2 rings (SSSR count). The number of amides is 1. The Kier molecular flexibility index (Phi) is 3.28. The van der Waals surface area contributed by atoms with E-state index in [-0.39, 0.29) is 16.9 Å². The summed E-state index contributed by atoms with van der Waals surface area (Å²) in [7, 11) is 0. The predicted octanol–water partition coefficient (Wildman–Crippen LogP) is 1.63. The van der Waals surface area contributed by atoms with E-state index in [0.29, 0.717) is 0 Å². The minimum Gasteiger partial charge on any atom is -0.478 e. The Morgan fingerprint density at radius 2 is 2.17 bits per heavy atom. The Bertz CT molecular complexity index is 600. The van der Waals surface area contributed by atoms with Crippen molar-refractivity contribution in [2.24, 2.45) is 0 Å². The molecule has 8 heteroatoms. The molecule has 0 bridgehead atoms. The molecule has 92 valence electrons. The summed E-state index contributed by atoms with van der Waals surface area (Å²) in [6, 6.07) is 3.01. The molecule has 1 aromatic carbocycles. The molecule has 2 aromatic rings. The number of benzene rings is 1. The second-order valence-corrected chi connectivity index (χ2v) is 3.80. The number of anilines is 1. The van der Waals surface area contributed by atoms with Crippen LogP contribution in [0.5, 0.6) is 0 Å². The Morgan fingerprint density at radius 3 is 2.78 bits per heavy atom. The molecule has 1 amide bonds. The summed E-state index contributed by atoms with van der Waals surface area (Å²) in [6.45, 7) is 0. The fourth-order valence-electron chi connectivity index (χ4n) is 1.26. The molecule has 0 spiro atoms. The number of aromatic nitrogens is 2. The third kappa shape index (κ3) is 2.48. The maximum Gasteiger partial charge on any atom is 0.337 e. The zero-order chi connectivity index (χ0) is 13.1. The lowest BCUT2D eigenvalue weighted by molar-refractivity contribution is 0.0698. The van der Waals surface area contributed by atoms with Crippen LogP contribution in [0.4, 0.5) is 10.1 Å². The predicted molar refractivity (Wildman–Crippen MR) is 61.2 cm³/mol. The maximum absolute atomic E-state index is 13.0. The van der Waals surface area contributed by atoms with E-state index in [2.05, 4.69) is 14.1 Å². The van der Waals surface area contributed by atoms with Crippen molar-refractivity contribution in [1.82, 2.24) is 8.75 Å². The van der Waals surface area contributed by atoms with E-state index in [0.717, 1.165) is 29.9 Å². The summed E-state index contributed by atoms with van der Waals surface area (Å²) in [4.78, 5) is 22.5. The van der Waals surface area contributed by atoms with Gasteiger partial charge in [0.05, 0.1) is 29.2 Å². The lowest BCUT2D eigenvalue weighted by Crippen LogP contribution is -2.15. The number of aromatic carboxylic acids is 1. The second kappa shape index (κ2) is 4.88. The van der Waals surface area contributed by atoms with Crippen molar-refractivity contribution in [1.29, 1.82) is 0 Å². The normalized spacial score (nSPS) is 10.1. The topological polar surface area (TPSA) is 92.2 Å². The van der Waals surface area contributed by atoms with Gasteiger partial charge in [0.1, 0.15) is 5.82 Å². The lowest BCUT2D eigenvalue weighted by atomic mass is 10.1. The first-order valence-corrected chi connectivity index (χ1v) is 5.42. The first-order chi connectivity index (χ1) is 8.58. The van der Waals surface area contributed by atoms with Gasteiger partial charge in [0.25, 0.3) is 5.91 Å². The number of halogens is 1. The molecule has 0 saturated heterocycles. The zero-order valence-corrected chi connectivity index (χ0v) is 9.57. The molecule has 0 saturated carbocycles. The number of hydrogen-bond acceptors (Lipinski definition) is 5. The fraction of sp³-hybridized carbons (Fsp3) is 0. The quantitative estimate of drug-likeness (QED) is 0.881. The highest BCUT2D eigenvalue weighted by atomic mass is 32.1. The molecule has 0 radical (unpaired) electrons. The third-order valence-corrected chi connectivity index (χ3v) is 2.53. The standard InChI is InChI=1S/C10H6FN3O3S/c11-5-1-2-6(10(16)17)7(3-5)13-9(15)8-4-12-18-14-8/h1-4H,(H,13,15)(H,16,17). The van der Waals surface area contributed by atoms with E-state index in [9.17, 15) is 14.0 Å². The molecule has 2 N–H and O–H groups in total. The summed E-state index contributed by atoms with van der Waals surface area (Å²) >= 11 is 0.841. The van der Waals surface area contributed by atoms with E-state index >= 15 is 0 Å². The van der Waals surface area contributed by atoms with Gasteiger partial charge in [-0.25, -0.2) is 9.18 Å². The number of nitrogens with one attached hydrogen (secondary N) is 1. The van der Waals surface area contributed by atoms with Crippen LogP contribution in [0.3, 0.4) is 0 Å². The first-order valence-electron chi connectivity index (χ1n) is 4.69. The molecule has 0 aliphatic heterocycles. The van der Waals surface area contributed by atoms with Crippen molar-refractivity contribution in [2.75, 3.05) is 5.32 Å². The Labute approximate surface area is 104 Å². The van der Waals surface area contributed by atoms with E-state index in [1.807, 2.05) is 0 Å². The van der Waals surface area contributed by atoms with E-state index in [4.69, 9.17) is 5.11 Å². The SMILES string of the molecule is O=C(Nc1cc(F)ccc1C(=O)O)c1cnsn1. The number of carbonyl (C=O) groups is 2. The molecule has 6 nitrogen and oxygen atoms in total. The van der Waals surface area contributed by atoms with Crippen LogP contribution >= 0.6 is 11.7 Å². The van der Waals surface area contributed by atoms with Crippen LogP contribution in [0.2, 0.25) is 0 Å². The molecule has 1 heterocycles. The smallest absolute Gasteiger partial charge is 0.337 e. The van der Waals surface area contributed by atoms with Crippen molar-refractivity contribution in [3.8, 4) is 0 Å². The molecule has 0 aliphatic carbocycles. The second-order valence-electron chi connectivity index (χ2n) is 3.24. The van der Waals surface area contributed by atoms with Gasteiger partial charge < -0.3 is 10.4 Å². The monoisotopic (exact) mass is 267 g/mol. The van der Waals surface area contributed by atoms with Crippen LogP contribution in [0.25, 0.3) is 0 Å². The molecule has 0 unspecified atom stereocenters. The van der Waals surface area contributed by atoms with Crippen LogP contribution in [0.1, 0.15) is 20.8 Å². The van der Waals surface area contributed by atoms with Gasteiger partial charge in [0.2, 0.25) is 0 Å². The van der Waals surface area contributed by atoms with Crippen molar-refractivity contribution in [3.63, 3.8) is 0 Å². The number of carbonyl (C=O) groups excluding carboxylic acids is 1. The average Bonchev–Trinajstić information content (AvgIpc) is 2.81. The molecule has 1 aromatic heterocycles. The van der Waals surface area contributed by atoms with Crippen LogP contribution in [-0.2, 0) is 0 Å². The minimum atomic E-state index is -1.26. The van der Waals surface area contributed by atoms with Crippen molar-refractivity contribution in [3.05, 3.63) is 41.5 Å². The number of hydrogen-bond donors (Lipinski definition) is 2. The maximum atomic E-state index is 13.0. The Morgan fingerprint density at radius 1 is 1.39 bits per heavy atom. The van der Waals surface area contributed by atoms with E-state index in [1.54, 1.807) is 0 Å². The van der Waals surface area contributed by atoms with Crippen molar-refractivity contribution < 1.29 is 19.1 Å². The summed E-state index contributed by atoms with van der Waals surface area (Å²) in [5.41, 5.74) is -0.283. The highest BCUT2D eigenvalue weighted by Gasteiger charge is 2.15. The number of nitrogens with zero attached hydrogens (tertiary/aromatic N) is 2. The zero-order valence-electron chi connectivity index (χ0n) is 8.75. The largest absolute Gasteiger partial charge is 0.478 e. The number of carboxylic acids is 1. The third-order valence-electron chi connectivity index (χ3n) is 2.05. The summed E-state index contributed by atoms with van der Waals surface area (Å²) in [5.74, 6) is -2.55. The summed E-state index contributed by atoms with van der Waals surface area (Å²) in [6.07, 6.45) is 1.24. The van der Waals surface area contributed by atoms with E-state index in [1.165, 1.54) is 6.20 Å². The molecule has 18 heavy (non-hydrogen) atoms. The highest BCUT2D eigenvalue weighted by molar-refractivity contribution is 6.99. The first kappa shape index (κ1) is 12.1. The van der Waals surface area contributed by atoms with Gasteiger partial charge in [-0.15, -0.1) is 0 Å². The highest BCUT2D eigenvalue weighted by Crippen LogP contribution is 2.18. The van der Waals surface area contributed by atoms with Gasteiger partial charge in [0.15, 0.2) is 5.69 Å². The summed E-state index contributed by atoms with van der Waals surface area (Å²) in [5, 5.41) is 11.2. The molecule has 0 aliphatic rings. The average molecular weight is 267 g/mol. The van der Waals surface area contributed by atoms with Crippen molar-refractivity contribution >= 4 is 29.3 Å². The Balaban J connectivity index is 2.31. The van der Waals surface area contributed by atoms with Crippen LogP contribution in [0.15, 0.2) is 24.4 Å². The van der Waals surface area contributed by atoms with Gasteiger partial charge in [-0.3, -0.25) is 4.79 Å². The van der Waals surface area contributed by atoms with Gasteiger partial charge >= 0.3 is 5.97 Å². The summed E-state index contributed by atoms with van der Waals surface area (Å²) < 4.78 is 20.4. The van der Waals surface area contributed by atoms with Crippen LogP contribution in [-0.4, -0.2) is 25.7 Å². The molecular weight excluding hydrogens is 261 g/mol. The number of carboxylic acid groups (broad SMARTS) is 1. The number of rotatable bonds is 3. The van der Waals surface area contributed by atoms with Gasteiger partial charge in [0, 0.05) is 0 Å². The molecule has 0 atom stereocenters. The molecule has 0 fully saturated rings. The van der Waals surface area contributed by atoms with Crippen LogP contribution < -0.4 is 5.32 Å². The van der Waals surface area contributed by atoms with Crippen LogP contribution in [0, 0.1) is 5.82 Å². The Hall–Kier alpha value is -2.35. The molecular formula is C10H6FN3O3S. The lowest BCUT2D eigenvalue weighted by Gasteiger charge is -2.06. The van der Waals surface area contributed by atoms with E-state index < -0.39 is 17.7 Å². The van der Waals surface area contributed by atoms with Crippen molar-refractivity contribution in [2.45, 2.75) is 0 Å². The van der Waals surface area contributed by atoms with Gasteiger partial charge in [-0.05, 0) is 18.2 Å². The van der Waals surface area contributed by atoms with Gasteiger partial charge in [-0.1, -0.05) is 0 Å².